The molecule has 0 saturated carbocycles. The van der Waals surface area contributed by atoms with Crippen molar-refractivity contribution in [1.29, 1.82) is 0 Å². The van der Waals surface area contributed by atoms with Gasteiger partial charge in [-0.1, -0.05) is 6.42 Å². The lowest BCUT2D eigenvalue weighted by Crippen LogP contribution is -2.52. The van der Waals surface area contributed by atoms with Crippen molar-refractivity contribution in [1.82, 2.24) is 10.2 Å². The van der Waals surface area contributed by atoms with Crippen molar-refractivity contribution in [2.45, 2.75) is 76.7 Å². The molecule has 0 radical (unpaired) electrons. The molecule has 3 saturated heterocycles. The van der Waals surface area contributed by atoms with Crippen LogP contribution in [0.5, 0.6) is 0 Å². The van der Waals surface area contributed by atoms with E-state index in [1.807, 2.05) is 0 Å². The molecule has 1 N–H and O–H groups in total. The monoisotopic (exact) mass is 280 g/mol. The van der Waals surface area contributed by atoms with Gasteiger partial charge in [0.05, 0.1) is 18.2 Å². The molecule has 1 amide bonds. The highest BCUT2D eigenvalue weighted by atomic mass is 16.5. The number of likely N-dealkylation sites (tertiary alicyclic amines) is 1. The summed E-state index contributed by atoms with van der Waals surface area (Å²) in [6, 6.07) is 0.542. The van der Waals surface area contributed by atoms with E-state index in [1.54, 1.807) is 0 Å². The van der Waals surface area contributed by atoms with Gasteiger partial charge >= 0.3 is 0 Å². The minimum atomic E-state index is 0.0864. The summed E-state index contributed by atoms with van der Waals surface area (Å²) in [6.07, 6.45) is 7.85. The first-order valence-corrected chi connectivity index (χ1v) is 8.34. The third-order valence-corrected chi connectivity index (χ3v) is 5.28. The van der Waals surface area contributed by atoms with Gasteiger partial charge in [0.1, 0.15) is 0 Å². The fraction of sp³-hybridized carbons (Fsp3) is 0.938. The fourth-order valence-corrected chi connectivity index (χ4v) is 4.16. The third kappa shape index (κ3) is 2.86. The Labute approximate surface area is 122 Å². The molecule has 20 heavy (non-hydrogen) atoms. The lowest BCUT2D eigenvalue weighted by molar-refractivity contribution is -0.128. The molecule has 4 atom stereocenters. The molecule has 3 aliphatic rings. The lowest BCUT2D eigenvalue weighted by atomic mass is 9.89. The number of amides is 1. The van der Waals surface area contributed by atoms with E-state index in [0.717, 1.165) is 25.9 Å². The number of piperidine rings is 1. The summed E-state index contributed by atoms with van der Waals surface area (Å²) >= 11 is 0. The molecule has 114 valence electrons. The molecule has 3 heterocycles. The summed E-state index contributed by atoms with van der Waals surface area (Å²) in [5, 5.41) is 3.20. The standard InChI is InChI=1S/C16H28N2O2/c1-11(2)18-8-4-3-5-14(18)16(19)17-10-12-9-13-6-7-15(12)20-13/h11-15H,3-10H2,1-2H3,(H,17,19)/t12-,13+,14-,15+/m0/s1. The Balaban J connectivity index is 1.50. The van der Waals surface area contributed by atoms with E-state index in [2.05, 4.69) is 24.1 Å². The molecule has 0 aromatic carbocycles. The number of rotatable bonds is 4. The average molecular weight is 280 g/mol. The maximum atomic E-state index is 12.5. The minimum absolute atomic E-state index is 0.0864. The summed E-state index contributed by atoms with van der Waals surface area (Å²) in [5.74, 6) is 0.787. The van der Waals surface area contributed by atoms with Crippen LogP contribution in [0.4, 0.5) is 0 Å². The number of carbonyl (C=O) groups is 1. The lowest BCUT2D eigenvalue weighted by Gasteiger charge is -2.37. The van der Waals surface area contributed by atoms with Gasteiger partial charge in [-0.25, -0.2) is 0 Å². The van der Waals surface area contributed by atoms with Crippen LogP contribution in [0.2, 0.25) is 0 Å². The Morgan fingerprint density at radius 1 is 1.30 bits per heavy atom. The molecule has 0 aromatic rings. The number of hydrogen-bond donors (Lipinski definition) is 1. The first-order chi connectivity index (χ1) is 9.65. The Hall–Kier alpha value is -0.610. The second kappa shape index (κ2) is 6.02. The molecule has 4 heteroatoms. The first-order valence-electron chi connectivity index (χ1n) is 8.34. The third-order valence-electron chi connectivity index (χ3n) is 5.28. The second-order valence-electron chi connectivity index (χ2n) is 6.96. The zero-order valence-corrected chi connectivity index (χ0v) is 12.8. The van der Waals surface area contributed by atoms with Gasteiger partial charge in [0, 0.05) is 18.5 Å². The predicted molar refractivity (Wildman–Crippen MR) is 78.5 cm³/mol. The Morgan fingerprint density at radius 3 is 2.80 bits per heavy atom. The van der Waals surface area contributed by atoms with Crippen LogP contribution in [0.25, 0.3) is 0 Å². The molecule has 4 nitrogen and oxygen atoms in total. The van der Waals surface area contributed by atoms with E-state index < -0.39 is 0 Å². The summed E-state index contributed by atoms with van der Waals surface area (Å²) in [4.78, 5) is 14.8. The Morgan fingerprint density at radius 2 is 2.15 bits per heavy atom. The Kier molecular flexibility index (Phi) is 4.32. The molecular weight excluding hydrogens is 252 g/mol. The highest BCUT2D eigenvalue weighted by Crippen LogP contribution is 2.38. The molecule has 3 rings (SSSR count). The summed E-state index contributed by atoms with van der Waals surface area (Å²) in [5.41, 5.74) is 0. The van der Waals surface area contributed by atoms with Crippen molar-refractivity contribution in [3.05, 3.63) is 0 Å². The molecule has 3 fully saturated rings. The molecule has 0 aliphatic carbocycles. The molecule has 2 bridgehead atoms. The van der Waals surface area contributed by atoms with E-state index in [-0.39, 0.29) is 11.9 Å². The van der Waals surface area contributed by atoms with Crippen molar-refractivity contribution in [3.63, 3.8) is 0 Å². The zero-order valence-electron chi connectivity index (χ0n) is 12.8. The summed E-state index contributed by atoms with van der Waals surface area (Å²) in [6.45, 7) is 6.25. The minimum Gasteiger partial charge on any atom is -0.375 e. The molecule has 3 aliphatic heterocycles. The van der Waals surface area contributed by atoms with E-state index in [0.29, 0.717) is 24.2 Å². The van der Waals surface area contributed by atoms with Gasteiger partial charge in [-0.05, 0) is 52.5 Å². The number of hydrogen-bond acceptors (Lipinski definition) is 3. The quantitative estimate of drug-likeness (QED) is 0.855. The van der Waals surface area contributed by atoms with Crippen LogP contribution in [0.3, 0.4) is 0 Å². The van der Waals surface area contributed by atoms with Gasteiger partial charge in [0.2, 0.25) is 5.91 Å². The fourth-order valence-electron chi connectivity index (χ4n) is 4.16. The highest BCUT2D eigenvalue weighted by Gasteiger charge is 2.41. The van der Waals surface area contributed by atoms with Gasteiger partial charge in [0.25, 0.3) is 0 Å². The average Bonchev–Trinajstić information content (AvgIpc) is 3.07. The van der Waals surface area contributed by atoms with Crippen molar-refractivity contribution in [2.24, 2.45) is 5.92 Å². The van der Waals surface area contributed by atoms with Crippen molar-refractivity contribution in [2.75, 3.05) is 13.1 Å². The van der Waals surface area contributed by atoms with Crippen LogP contribution < -0.4 is 5.32 Å². The van der Waals surface area contributed by atoms with E-state index >= 15 is 0 Å². The van der Waals surface area contributed by atoms with Gasteiger partial charge < -0.3 is 10.1 Å². The summed E-state index contributed by atoms with van der Waals surface area (Å²) in [7, 11) is 0. The van der Waals surface area contributed by atoms with Crippen molar-refractivity contribution < 1.29 is 9.53 Å². The largest absolute Gasteiger partial charge is 0.375 e. The van der Waals surface area contributed by atoms with Gasteiger partial charge in [-0.15, -0.1) is 0 Å². The van der Waals surface area contributed by atoms with Crippen molar-refractivity contribution in [3.8, 4) is 0 Å². The van der Waals surface area contributed by atoms with Crippen LogP contribution in [0, 0.1) is 5.92 Å². The molecule has 0 spiro atoms. The van der Waals surface area contributed by atoms with Crippen molar-refractivity contribution >= 4 is 5.91 Å². The van der Waals surface area contributed by atoms with Crippen LogP contribution in [0.1, 0.15) is 52.4 Å². The molecular formula is C16H28N2O2. The van der Waals surface area contributed by atoms with Gasteiger partial charge in [-0.2, -0.15) is 0 Å². The van der Waals surface area contributed by atoms with E-state index in [1.165, 1.54) is 25.7 Å². The first kappa shape index (κ1) is 14.3. The number of fused-ring (bicyclic) bond motifs is 2. The topological polar surface area (TPSA) is 41.6 Å². The second-order valence-corrected chi connectivity index (χ2v) is 6.96. The molecule has 0 aromatic heterocycles. The maximum absolute atomic E-state index is 12.5. The molecule has 0 unspecified atom stereocenters. The number of ether oxygens (including phenoxy) is 1. The van der Waals surface area contributed by atoms with Crippen LogP contribution >= 0.6 is 0 Å². The van der Waals surface area contributed by atoms with Crippen LogP contribution in [-0.2, 0) is 9.53 Å². The number of carbonyl (C=O) groups excluding carboxylic acids is 1. The zero-order chi connectivity index (χ0) is 14.1. The normalized spacial score (nSPS) is 37.5. The SMILES string of the molecule is CC(C)N1CCCC[C@H]1C(=O)NC[C@@H]1C[C@H]2CC[C@H]1O2. The smallest absolute Gasteiger partial charge is 0.237 e. The predicted octanol–water partition coefficient (Wildman–Crippen LogP) is 1.93. The maximum Gasteiger partial charge on any atom is 0.237 e. The van der Waals surface area contributed by atoms with E-state index in [9.17, 15) is 4.79 Å². The van der Waals surface area contributed by atoms with Gasteiger partial charge in [-0.3, -0.25) is 9.69 Å². The highest BCUT2D eigenvalue weighted by molar-refractivity contribution is 5.81. The Bertz CT molecular complexity index is 358. The van der Waals surface area contributed by atoms with E-state index in [4.69, 9.17) is 4.74 Å². The van der Waals surface area contributed by atoms with Crippen LogP contribution in [-0.4, -0.2) is 48.2 Å². The van der Waals surface area contributed by atoms with Gasteiger partial charge in [0.15, 0.2) is 0 Å². The number of nitrogens with zero attached hydrogens (tertiary/aromatic N) is 1. The summed E-state index contributed by atoms with van der Waals surface area (Å²) < 4.78 is 5.86. The number of nitrogens with one attached hydrogen (secondary N) is 1. The van der Waals surface area contributed by atoms with Crippen LogP contribution in [0.15, 0.2) is 0 Å².